The molecule has 0 saturated heterocycles. The van der Waals surface area contributed by atoms with Crippen LogP contribution in [0.1, 0.15) is 25.8 Å². The number of aromatic nitrogens is 1. The standard InChI is InChI=1S/C13H23N3/c1-3-16(4-2)9-7-13(14)10-12-6-5-8-15-11-12/h5-6,8,11,13H,3-4,7,9-10,14H2,1-2H3. The van der Waals surface area contributed by atoms with Gasteiger partial charge in [0.1, 0.15) is 0 Å². The summed E-state index contributed by atoms with van der Waals surface area (Å²) < 4.78 is 0. The second kappa shape index (κ2) is 7.36. The van der Waals surface area contributed by atoms with Gasteiger partial charge in [0.25, 0.3) is 0 Å². The van der Waals surface area contributed by atoms with Gasteiger partial charge in [-0.2, -0.15) is 0 Å². The molecule has 0 fully saturated rings. The van der Waals surface area contributed by atoms with E-state index in [4.69, 9.17) is 5.73 Å². The van der Waals surface area contributed by atoms with Crippen LogP contribution in [0.3, 0.4) is 0 Å². The first-order valence-electron chi connectivity index (χ1n) is 6.13. The molecule has 0 aliphatic rings. The number of nitrogens with zero attached hydrogens (tertiary/aromatic N) is 2. The molecular formula is C13H23N3. The largest absolute Gasteiger partial charge is 0.327 e. The van der Waals surface area contributed by atoms with Gasteiger partial charge in [-0.25, -0.2) is 0 Å². The summed E-state index contributed by atoms with van der Waals surface area (Å²) in [6.45, 7) is 7.69. The van der Waals surface area contributed by atoms with Gasteiger partial charge in [0.2, 0.25) is 0 Å². The smallest absolute Gasteiger partial charge is 0.0300 e. The van der Waals surface area contributed by atoms with Gasteiger partial charge in [0.15, 0.2) is 0 Å². The first kappa shape index (κ1) is 13.1. The molecule has 90 valence electrons. The third-order valence-corrected chi connectivity index (χ3v) is 2.93. The lowest BCUT2D eigenvalue weighted by Gasteiger charge is -2.20. The van der Waals surface area contributed by atoms with E-state index in [-0.39, 0.29) is 6.04 Å². The highest BCUT2D eigenvalue weighted by molar-refractivity contribution is 5.09. The summed E-state index contributed by atoms with van der Waals surface area (Å²) in [5.74, 6) is 0. The van der Waals surface area contributed by atoms with Crippen LogP contribution < -0.4 is 5.73 Å². The fourth-order valence-corrected chi connectivity index (χ4v) is 1.81. The molecule has 1 aromatic rings. The summed E-state index contributed by atoms with van der Waals surface area (Å²) in [6.07, 6.45) is 5.67. The average Bonchev–Trinajstić information content (AvgIpc) is 2.31. The quantitative estimate of drug-likeness (QED) is 0.762. The second-order valence-corrected chi connectivity index (χ2v) is 4.14. The van der Waals surface area contributed by atoms with Crippen LogP contribution in [0.5, 0.6) is 0 Å². The van der Waals surface area contributed by atoms with Crippen LogP contribution in [0.2, 0.25) is 0 Å². The van der Waals surface area contributed by atoms with Gasteiger partial charge < -0.3 is 10.6 Å². The van der Waals surface area contributed by atoms with Crippen LogP contribution in [-0.2, 0) is 6.42 Å². The Morgan fingerprint density at radius 2 is 2.12 bits per heavy atom. The highest BCUT2D eigenvalue weighted by Gasteiger charge is 2.06. The molecule has 1 rings (SSSR count). The van der Waals surface area contributed by atoms with Crippen molar-refractivity contribution in [3.05, 3.63) is 30.1 Å². The third kappa shape index (κ3) is 4.73. The molecule has 0 spiro atoms. The molecule has 3 nitrogen and oxygen atoms in total. The van der Waals surface area contributed by atoms with E-state index < -0.39 is 0 Å². The van der Waals surface area contributed by atoms with Crippen molar-refractivity contribution in [3.8, 4) is 0 Å². The van der Waals surface area contributed by atoms with Gasteiger partial charge in [0.05, 0.1) is 0 Å². The van der Waals surface area contributed by atoms with Crippen LogP contribution in [0.15, 0.2) is 24.5 Å². The molecule has 0 aliphatic carbocycles. The maximum atomic E-state index is 6.11. The molecule has 0 radical (unpaired) electrons. The first-order valence-corrected chi connectivity index (χ1v) is 6.13. The fourth-order valence-electron chi connectivity index (χ4n) is 1.81. The Hall–Kier alpha value is -0.930. The van der Waals surface area contributed by atoms with E-state index in [2.05, 4.69) is 29.8 Å². The number of pyridine rings is 1. The van der Waals surface area contributed by atoms with Crippen molar-refractivity contribution < 1.29 is 0 Å². The zero-order chi connectivity index (χ0) is 11.8. The Labute approximate surface area is 98.7 Å². The molecule has 0 saturated carbocycles. The van der Waals surface area contributed by atoms with Gasteiger partial charge in [-0.05, 0) is 44.1 Å². The van der Waals surface area contributed by atoms with E-state index in [0.29, 0.717) is 0 Å². The van der Waals surface area contributed by atoms with Gasteiger partial charge in [-0.1, -0.05) is 19.9 Å². The Kier molecular flexibility index (Phi) is 6.04. The summed E-state index contributed by atoms with van der Waals surface area (Å²) in [5, 5.41) is 0. The van der Waals surface area contributed by atoms with Gasteiger partial charge in [-0.3, -0.25) is 4.98 Å². The number of hydrogen-bond acceptors (Lipinski definition) is 3. The minimum Gasteiger partial charge on any atom is -0.327 e. The molecule has 0 bridgehead atoms. The van der Waals surface area contributed by atoms with E-state index >= 15 is 0 Å². The first-order chi connectivity index (χ1) is 7.76. The Morgan fingerprint density at radius 3 is 2.69 bits per heavy atom. The van der Waals surface area contributed by atoms with Crippen molar-refractivity contribution in [2.45, 2.75) is 32.7 Å². The fraction of sp³-hybridized carbons (Fsp3) is 0.615. The minimum absolute atomic E-state index is 0.241. The lowest BCUT2D eigenvalue weighted by Crippen LogP contribution is -2.31. The lowest BCUT2D eigenvalue weighted by molar-refractivity contribution is 0.290. The van der Waals surface area contributed by atoms with Crippen LogP contribution in [-0.4, -0.2) is 35.6 Å². The van der Waals surface area contributed by atoms with E-state index in [0.717, 1.165) is 32.5 Å². The van der Waals surface area contributed by atoms with E-state index in [1.807, 2.05) is 12.3 Å². The van der Waals surface area contributed by atoms with Crippen LogP contribution in [0.4, 0.5) is 0 Å². The van der Waals surface area contributed by atoms with Crippen molar-refractivity contribution in [1.82, 2.24) is 9.88 Å². The Balaban J connectivity index is 2.28. The van der Waals surface area contributed by atoms with Crippen LogP contribution in [0, 0.1) is 0 Å². The number of hydrogen-bond donors (Lipinski definition) is 1. The highest BCUT2D eigenvalue weighted by Crippen LogP contribution is 2.03. The predicted octanol–water partition coefficient (Wildman–Crippen LogP) is 1.68. The normalized spacial score (nSPS) is 13.0. The summed E-state index contributed by atoms with van der Waals surface area (Å²) in [4.78, 5) is 6.51. The van der Waals surface area contributed by atoms with Crippen molar-refractivity contribution in [2.24, 2.45) is 5.73 Å². The minimum atomic E-state index is 0.241. The van der Waals surface area contributed by atoms with Crippen LogP contribution in [0.25, 0.3) is 0 Å². The van der Waals surface area contributed by atoms with Crippen molar-refractivity contribution in [3.63, 3.8) is 0 Å². The van der Waals surface area contributed by atoms with Crippen LogP contribution >= 0.6 is 0 Å². The zero-order valence-corrected chi connectivity index (χ0v) is 10.4. The van der Waals surface area contributed by atoms with E-state index in [9.17, 15) is 0 Å². The highest BCUT2D eigenvalue weighted by atomic mass is 15.1. The molecular weight excluding hydrogens is 198 g/mol. The monoisotopic (exact) mass is 221 g/mol. The summed E-state index contributed by atoms with van der Waals surface area (Å²) in [7, 11) is 0. The zero-order valence-electron chi connectivity index (χ0n) is 10.4. The SMILES string of the molecule is CCN(CC)CCC(N)Cc1cccnc1. The van der Waals surface area contributed by atoms with E-state index in [1.165, 1.54) is 5.56 Å². The van der Waals surface area contributed by atoms with Crippen molar-refractivity contribution in [2.75, 3.05) is 19.6 Å². The number of nitrogens with two attached hydrogens (primary N) is 1. The molecule has 0 aromatic carbocycles. The maximum Gasteiger partial charge on any atom is 0.0300 e. The number of rotatable bonds is 7. The van der Waals surface area contributed by atoms with Crippen molar-refractivity contribution >= 4 is 0 Å². The molecule has 1 unspecified atom stereocenters. The van der Waals surface area contributed by atoms with Gasteiger partial charge in [-0.15, -0.1) is 0 Å². The van der Waals surface area contributed by atoms with E-state index in [1.54, 1.807) is 6.20 Å². The molecule has 2 N–H and O–H groups in total. The maximum absolute atomic E-state index is 6.11. The predicted molar refractivity (Wildman–Crippen MR) is 68.3 cm³/mol. The molecule has 1 heterocycles. The molecule has 3 heteroatoms. The third-order valence-electron chi connectivity index (χ3n) is 2.93. The lowest BCUT2D eigenvalue weighted by atomic mass is 10.1. The second-order valence-electron chi connectivity index (χ2n) is 4.14. The average molecular weight is 221 g/mol. The summed E-state index contributed by atoms with van der Waals surface area (Å²) in [6, 6.07) is 4.29. The van der Waals surface area contributed by atoms with Gasteiger partial charge in [0, 0.05) is 18.4 Å². The molecule has 0 amide bonds. The molecule has 1 atom stereocenters. The molecule has 0 aliphatic heterocycles. The Bertz CT molecular complexity index is 270. The Morgan fingerprint density at radius 1 is 1.38 bits per heavy atom. The molecule has 16 heavy (non-hydrogen) atoms. The topological polar surface area (TPSA) is 42.1 Å². The molecule has 1 aromatic heterocycles. The van der Waals surface area contributed by atoms with Crippen molar-refractivity contribution in [1.29, 1.82) is 0 Å². The summed E-state index contributed by atoms with van der Waals surface area (Å²) in [5.41, 5.74) is 7.34. The van der Waals surface area contributed by atoms with Gasteiger partial charge >= 0.3 is 0 Å². The summed E-state index contributed by atoms with van der Waals surface area (Å²) >= 11 is 0.